The predicted molar refractivity (Wildman–Crippen MR) is 146 cm³/mol. The molecule has 0 saturated carbocycles. The van der Waals surface area contributed by atoms with E-state index in [9.17, 15) is 4.79 Å². The van der Waals surface area contributed by atoms with Crippen LogP contribution >= 0.6 is 0 Å². The minimum atomic E-state index is -0.431. The van der Waals surface area contributed by atoms with Crippen molar-refractivity contribution in [1.29, 1.82) is 0 Å². The van der Waals surface area contributed by atoms with Crippen LogP contribution in [0.3, 0.4) is 0 Å². The van der Waals surface area contributed by atoms with Gasteiger partial charge in [-0.1, -0.05) is 12.1 Å². The number of aromatic nitrogens is 4. The number of hydrogen-bond donors (Lipinski definition) is 3. The van der Waals surface area contributed by atoms with Crippen LogP contribution in [-0.2, 0) is 0 Å². The number of halogens is 1. The molecule has 8 nitrogen and oxygen atoms in total. The zero-order valence-electron chi connectivity index (χ0n) is 20.8. The number of fused-ring (bicyclic) bond motifs is 2. The van der Waals surface area contributed by atoms with Crippen LogP contribution in [0.2, 0.25) is 0 Å². The van der Waals surface area contributed by atoms with Crippen LogP contribution < -0.4 is 15.8 Å². The molecule has 37 heavy (non-hydrogen) atoms. The molecule has 1 aliphatic rings. The molecule has 2 aromatic carbocycles. The summed E-state index contributed by atoms with van der Waals surface area (Å²) in [6.07, 6.45) is 1.71. The van der Waals surface area contributed by atoms with Gasteiger partial charge in [0.05, 0.1) is 39.4 Å². The van der Waals surface area contributed by atoms with Crippen molar-refractivity contribution >= 4 is 33.3 Å². The normalized spacial score (nSPS) is 15.4. The van der Waals surface area contributed by atoms with Crippen LogP contribution in [0.15, 0.2) is 65.6 Å². The van der Waals surface area contributed by atoms with Gasteiger partial charge in [0.2, 0.25) is 0 Å². The van der Waals surface area contributed by atoms with Crippen molar-refractivity contribution in [3.63, 3.8) is 0 Å². The van der Waals surface area contributed by atoms with Crippen LogP contribution in [0.25, 0.3) is 33.3 Å². The fraction of sp³-hybridized carbons (Fsp3) is 0.250. The number of imidazole rings is 1. The Morgan fingerprint density at radius 1 is 1.00 bits per heavy atom. The molecular weight excluding hydrogens is 469 g/mol. The lowest BCUT2D eigenvalue weighted by molar-refractivity contribution is 0.313. The molecule has 0 aliphatic carbocycles. The van der Waals surface area contributed by atoms with Gasteiger partial charge in [0.15, 0.2) is 0 Å². The molecule has 1 aliphatic heterocycles. The van der Waals surface area contributed by atoms with E-state index in [0.29, 0.717) is 22.4 Å². The summed E-state index contributed by atoms with van der Waals surface area (Å²) in [6, 6.07) is 16.1. The molecule has 5 aromatic rings. The van der Waals surface area contributed by atoms with E-state index in [-0.39, 0.29) is 17.2 Å². The first-order chi connectivity index (χ1) is 18.0. The Hall–Kier alpha value is -4.24. The van der Waals surface area contributed by atoms with Crippen LogP contribution in [0.5, 0.6) is 0 Å². The topological polar surface area (TPSA) is 92.9 Å². The summed E-state index contributed by atoms with van der Waals surface area (Å²) in [5, 5.41) is 3.67. The molecule has 3 aromatic heterocycles. The molecular formula is C28H28FN7O. The average molecular weight is 498 g/mol. The molecule has 3 N–H and O–H groups in total. The number of nitrogens with one attached hydrogen (secondary N) is 3. The summed E-state index contributed by atoms with van der Waals surface area (Å²) in [4.78, 5) is 33.4. The van der Waals surface area contributed by atoms with E-state index < -0.39 is 5.82 Å². The van der Waals surface area contributed by atoms with Gasteiger partial charge in [-0.2, -0.15) is 0 Å². The quantitative estimate of drug-likeness (QED) is 0.330. The second kappa shape index (κ2) is 9.33. The molecule has 0 amide bonds. The predicted octanol–water partition coefficient (Wildman–Crippen LogP) is 4.53. The highest BCUT2D eigenvalue weighted by molar-refractivity contribution is 5.99. The van der Waals surface area contributed by atoms with Crippen molar-refractivity contribution in [2.45, 2.75) is 13.0 Å². The van der Waals surface area contributed by atoms with Gasteiger partial charge in [0.1, 0.15) is 17.2 Å². The SMILES string of the molecule is C[C@H](Nc1c(-c2nc3ccc(N4CCN(C)CC4)cc3[nH]2)c(=O)[nH]c2cccc(F)c12)c1ccccn1. The maximum atomic E-state index is 15.2. The first-order valence-electron chi connectivity index (χ1n) is 12.4. The van der Waals surface area contributed by atoms with E-state index in [1.807, 2.05) is 31.2 Å². The average Bonchev–Trinajstić information content (AvgIpc) is 3.32. The molecule has 0 radical (unpaired) electrons. The minimum absolute atomic E-state index is 0.262. The number of anilines is 2. The van der Waals surface area contributed by atoms with Gasteiger partial charge in [-0.25, -0.2) is 9.37 Å². The summed E-state index contributed by atoms with van der Waals surface area (Å²) in [6.45, 7) is 5.85. The van der Waals surface area contributed by atoms with Crippen molar-refractivity contribution in [2.75, 3.05) is 43.4 Å². The molecule has 6 rings (SSSR count). The Labute approximate surface area is 213 Å². The Morgan fingerprint density at radius 2 is 1.84 bits per heavy atom. The fourth-order valence-electron chi connectivity index (χ4n) is 4.98. The molecule has 4 heterocycles. The van der Waals surface area contributed by atoms with Crippen LogP contribution in [0, 0.1) is 5.82 Å². The lowest BCUT2D eigenvalue weighted by atomic mass is 10.1. The first kappa shape index (κ1) is 23.2. The molecule has 1 saturated heterocycles. The van der Waals surface area contributed by atoms with E-state index in [2.05, 4.69) is 49.2 Å². The summed E-state index contributed by atoms with van der Waals surface area (Å²) < 4.78 is 15.2. The van der Waals surface area contributed by atoms with Gasteiger partial charge >= 0.3 is 0 Å². The first-order valence-corrected chi connectivity index (χ1v) is 12.4. The number of aromatic amines is 2. The lowest BCUT2D eigenvalue weighted by Gasteiger charge is -2.34. The summed E-state index contributed by atoms with van der Waals surface area (Å²) in [5.74, 6) is -0.0492. The standard InChI is InChI=1S/C28H28FN7O/c1-17(20-7-3-4-11-30-20)31-26-24-19(29)6-5-8-22(24)34-28(37)25(26)27-32-21-10-9-18(16-23(21)33-27)36-14-12-35(2)13-15-36/h3-11,16-17H,12-15H2,1-2H3,(H,32,33)(H2,31,34,37)/t17-/m0/s1. The molecule has 0 spiro atoms. The van der Waals surface area contributed by atoms with Gasteiger partial charge in [0, 0.05) is 38.1 Å². The van der Waals surface area contributed by atoms with E-state index in [1.54, 1.807) is 18.3 Å². The maximum absolute atomic E-state index is 15.2. The molecule has 1 atom stereocenters. The molecule has 0 unspecified atom stereocenters. The third-order valence-electron chi connectivity index (χ3n) is 7.05. The number of likely N-dealkylation sites (N-methyl/N-ethyl adjacent to an activating group) is 1. The summed E-state index contributed by atoms with van der Waals surface area (Å²) in [7, 11) is 2.13. The molecule has 188 valence electrons. The third-order valence-corrected chi connectivity index (χ3v) is 7.05. The van der Waals surface area contributed by atoms with Crippen LogP contribution in [0.1, 0.15) is 18.7 Å². The number of rotatable bonds is 5. The van der Waals surface area contributed by atoms with Gasteiger partial charge in [-0.3, -0.25) is 9.78 Å². The van der Waals surface area contributed by atoms with E-state index in [4.69, 9.17) is 4.98 Å². The van der Waals surface area contributed by atoms with Crippen molar-refractivity contribution in [1.82, 2.24) is 24.8 Å². The Balaban J connectivity index is 1.48. The Bertz CT molecular complexity index is 1640. The number of piperazine rings is 1. The number of H-pyrrole nitrogens is 2. The van der Waals surface area contributed by atoms with Crippen molar-refractivity contribution in [2.24, 2.45) is 0 Å². The Morgan fingerprint density at radius 3 is 2.62 bits per heavy atom. The Kier molecular flexibility index (Phi) is 5.84. The maximum Gasteiger partial charge on any atom is 0.261 e. The second-order valence-corrected chi connectivity index (χ2v) is 9.56. The van der Waals surface area contributed by atoms with Crippen molar-refractivity contribution < 1.29 is 4.39 Å². The van der Waals surface area contributed by atoms with Gasteiger partial charge in [0.25, 0.3) is 5.56 Å². The van der Waals surface area contributed by atoms with Gasteiger partial charge < -0.3 is 25.1 Å². The van der Waals surface area contributed by atoms with E-state index in [1.165, 1.54) is 6.07 Å². The fourth-order valence-corrected chi connectivity index (χ4v) is 4.98. The summed E-state index contributed by atoms with van der Waals surface area (Å²) >= 11 is 0. The molecule has 1 fully saturated rings. The second-order valence-electron chi connectivity index (χ2n) is 9.56. The monoisotopic (exact) mass is 497 g/mol. The third kappa shape index (κ3) is 4.31. The largest absolute Gasteiger partial charge is 0.376 e. The van der Waals surface area contributed by atoms with Crippen molar-refractivity contribution in [3.05, 3.63) is 82.7 Å². The van der Waals surface area contributed by atoms with Gasteiger partial charge in [-0.15, -0.1) is 0 Å². The lowest BCUT2D eigenvalue weighted by Crippen LogP contribution is -2.44. The van der Waals surface area contributed by atoms with Gasteiger partial charge in [-0.05, 0) is 56.4 Å². The van der Waals surface area contributed by atoms with E-state index in [0.717, 1.165) is 48.6 Å². The highest BCUT2D eigenvalue weighted by Crippen LogP contribution is 2.35. The number of benzene rings is 2. The number of nitrogens with zero attached hydrogens (tertiary/aromatic N) is 4. The minimum Gasteiger partial charge on any atom is -0.376 e. The number of hydrogen-bond acceptors (Lipinski definition) is 6. The van der Waals surface area contributed by atoms with Crippen molar-refractivity contribution in [3.8, 4) is 11.4 Å². The van der Waals surface area contributed by atoms with E-state index >= 15 is 4.39 Å². The zero-order chi connectivity index (χ0) is 25.5. The molecule has 9 heteroatoms. The van der Waals surface area contributed by atoms with Crippen LogP contribution in [0.4, 0.5) is 15.8 Å². The highest BCUT2D eigenvalue weighted by atomic mass is 19.1. The highest BCUT2D eigenvalue weighted by Gasteiger charge is 2.22. The zero-order valence-corrected chi connectivity index (χ0v) is 20.8. The number of pyridine rings is 2. The summed E-state index contributed by atoms with van der Waals surface area (Å²) in [5.41, 5.74) is 4.15. The smallest absolute Gasteiger partial charge is 0.261 e. The van der Waals surface area contributed by atoms with Crippen LogP contribution in [-0.4, -0.2) is 58.1 Å². The molecule has 0 bridgehead atoms.